The number of likely N-dealkylation sites (tertiary alicyclic amines) is 1. The van der Waals surface area contributed by atoms with Gasteiger partial charge in [-0.15, -0.1) is 0 Å². The highest BCUT2D eigenvalue weighted by Crippen LogP contribution is 2.41. The van der Waals surface area contributed by atoms with Crippen LogP contribution >= 0.6 is 0 Å². The molecule has 2 aliphatic rings. The van der Waals surface area contributed by atoms with E-state index in [0.29, 0.717) is 12.1 Å². The van der Waals surface area contributed by atoms with Crippen molar-refractivity contribution >= 4 is 0 Å². The molecule has 0 aromatic heterocycles. The standard InChI is InChI=1S/C14H27NO/c1-11-7-5-4-6-10-15(11)12-8-9-14(2,3)13(12)16/h11-13,16H,4-10H2,1-3H3. The van der Waals surface area contributed by atoms with Crippen LogP contribution in [0.4, 0.5) is 0 Å². The Kier molecular flexibility index (Phi) is 3.60. The van der Waals surface area contributed by atoms with Crippen molar-refractivity contribution < 1.29 is 5.11 Å². The lowest BCUT2D eigenvalue weighted by atomic mass is 9.88. The summed E-state index contributed by atoms with van der Waals surface area (Å²) in [6.07, 6.45) is 7.57. The first-order chi connectivity index (χ1) is 7.52. The van der Waals surface area contributed by atoms with E-state index in [1.807, 2.05) is 0 Å². The van der Waals surface area contributed by atoms with E-state index in [1.54, 1.807) is 0 Å². The Labute approximate surface area is 100 Å². The Morgan fingerprint density at radius 3 is 2.50 bits per heavy atom. The van der Waals surface area contributed by atoms with Crippen molar-refractivity contribution in [1.29, 1.82) is 0 Å². The summed E-state index contributed by atoms with van der Waals surface area (Å²) in [4.78, 5) is 2.59. The van der Waals surface area contributed by atoms with E-state index in [0.717, 1.165) is 0 Å². The van der Waals surface area contributed by atoms with Gasteiger partial charge in [-0.25, -0.2) is 0 Å². The zero-order valence-corrected chi connectivity index (χ0v) is 11.1. The number of rotatable bonds is 1. The smallest absolute Gasteiger partial charge is 0.0746 e. The lowest BCUT2D eigenvalue weighted by Crippen LogP contribution is -2.48. The van der Waals surface area contributed by atoms with Crippen LogP contribution in [0.1, 0.15) is 59.3 Å². The highest BCUT2D eigenvalue weighted by atomic mass is 16.3. The molecule has 2 nitrogen and oxygen atoms in total. The maximum atomic E-state index is 10.4. The highest BCUT2D eigenvalue weighted by Gasteiger charge is 2.44. The van der Waals surface area contributed by atoms with Crippen molar-refractivity contribution in [2.45, 2.75) is 77.5 Å². The largest absolute Gasteiger partial charge is 0.391 e. The molecule has 0 aromatic carbocycles. The van der Waals surface area contributed by atoms with Gasteiger partial charge in [-0.05, 0) is 44.6 Å². The molecule has 2 rings (SSSR count). The van der Waals surface area contributed by atoms with Crippen LogP contribution in [0.15, 0.2) is 0 Å². The summed E-state index contributed by atoms with van der Waals surface area (Å²) >= 11 is 0. The molecule has 0 amide bonds. The number of nitrogens with zero attached hydrogens (tertiary/aromatic N) is 1. The summed E-state index contributed by atoms with van der Waals surface area (Å²) in [6, 6.07) is 1.08. The van der Waals surface area contributed by atoms with Gasteiger partial charge in [0, 0.05) is 12.1 Å². The number of aliphatic hydroxyl groups is 1. The van der Waals surface area contributed by atoms with Crippen molar-refractivity contribution in [1.82, 2.24) is 4.90 Å². The summed E-state index contributed by atoms with van der Waals surface area (Å²) in [7, 11) is 0. The average Bonchev–Trinajstić information content (AvgIpc) is 2.42. The molecule has 1 saturated heterocycles. The highest BCUT2D eigenvalue weighted by molar-refractivity contribution is 4.97. The monoisotopic (exact) mass is 225 g/mol. The molecule has 1 aliphatic carbocycles. The van der Waals surface area contributed by atoms with Crippen LogP contribution in [-0.4, -0.2) is 34.7 Å². The number of aliphatic hydroxyl groups excluding tert-OH is 1. The van der Waals surface area contributed by atoms with Gasteiger partial charge >= 0.3 is 0 Å². The minimum absolute atomic E-state index is 0.122. The van der Waals surface area contributed by atoms with E-state index in [9.17, 15) is 5.11 Å². The third kappa shape index (κ3) is 2.28. The van der Waals surface area contributed by atoms with Crippen LogP contribution in [0.25, 0.3) is 0 Å². The molecule has 1 aliphatic heterocycles. The van der Waals surface area contributed by atoms with Crippen LogP contribution in [-0.2, 0) is 0 Å². The Morgan fingerprint density at radius 1 is 1.12 bits per heavy atom. The molecule has 3 atom stereocenters. The van der Waals surface area contributed by atoms with Crippen LogP contribution in [0.5, 0.6) is 0 Å². The van der Waals surface area contributed by atoms with Crippen LogP contribution in [0.3, 0.4) is 0 Å². The van der Waals surface area contributed by atoms with Crippen molar-refractivity contribution in [2.75, 3.05) is 6.54 Å². The fourth-order valence-corrected chi connectivity index (χ4v) is 3.48. The minimum Gasteiger partial charge on any atom is -0.391 e. The second-order valence-electron chi connectivity index (χ2n) is 6.48. The van der Waals surface area contributed by atoms with Gasteiger partial charge in [-0.3, -0.25) is 4.90 Å². The number of hydrogen-bond donors (Lipinski definition) is 1. The Bertz CT molecular complexity index is 237. The van der Waals surface area contributed by atoms with E-state index in [2.05, 4.69) is 25.7 Å². The van der Waals surface area contributed by atoms with E-state index in [-0.39, 0.29) is 11.5 Å². The van der Waals surface area contributed by atoms with E-state index >= 15 is 0 Å². The first-order valence-corrected chi connectivity index (χ1v) is 6.96. The molecule has 2 fully saturated rings. The fraction of sp³-hybridized carbons (Fsp3) is 1.00. The Morgan fingerprint density at radius 2 is 1.88 bits per heavy atom. The molecule has 3 unspecified atom stereocenters. The van der Waals surface area contributed by atoms with Gasteiger partial charge in [0.05, 0.1) is 6.10 Å². The van der Waals surface area contributed by atoms with Crippen molar-refractivity contribution in [3.05, 3.63) is 0 Å². The zero-order chi connectivity index (χ0) is 11.8. The second kappa shape index (κ2) is 4.66. The van der Waals surface area contributed by atoms with Crippen LogP contribution < -0.4 is 0 Å². The van der Waals surface area contributed by atoms with Crippen molar-refractivity contribution in [2.24, 2.45) is 5.41 Å². The molecule has 2 heteroatoms. The zero-order valence-electron chi connectivity index (χ0n) is 11.1. The summed E-state index contributed by atoms with van der Waals surface area (Å²) in [6.45, 7) is 7.95. The maximum Gasteiger partial charge on any atom is 0.0746 e. The topological polar surface area (TPSA) is 23.5 Å². The molecule has 0 aromatic rings. The molecule has 1 N–H and O–H groups in total. The van der Waals surface area contributed by atoms with Gasteiger partial charge in [0.15, 0.2) is 0 Å². The lowest BCUT2D eigenvalue weighted by Gasteiger charge is -2.37. The summed E-state index contributed by atoms with van der Waals surface area (Å²) in [5.41, 5.74) is 0.122. The van der Waals surface area contributed by atoms with Gasteiger partial charge in [-0.1, -0.05) is 26.7 Å². The molecular weight excluding hydrogens is 198 g/mol. The van der Waals surface area contributed by atoms with E-state index < -0.39 is 0 Å². The summed E-state index contributed by atoms with van der Waals surface area (Å²) in [5.74, 6) is 0. The lowest BCUT2D eigenvalue weighted by molar-refractivity contribution is 0.00210. The quantitative estimate of drug-likeness (QED) is 0.742. The van der Waals surface area contributed by atoms with Gasteiger partial charge in [0.2, 0.25) is 0 Å². The fourth-order valence-electron chi connectivity index (χ4n) is 3.48. The normalized spacial score (nSPS) is 40.9. The molecule has 0 radical (unpaired) electrons. The average molecular weight is 225 g/mol. The van der Waals surface area contributed by atoms with Gasteiger partial charge in [-0.2, -0.15) is 0 Å². The summed E-state index contributed by atoms with van der Waals surface area (Å²) in [5, 5.41) is 10.4. The Balaban J connectivity index is 2.06. The van der Waals surface area contributed by atoms with Gasteiger partial charge < -0.3 is 5.11 Å². The molecule has 0 bridgehead atoms. The third-order valence-electron chi connectivity index (χ3n) is 4.78. The predicted molar refractivity (Wildman–Crippen MR) is 67.4 cm³/mol. The van der Waals surface area contributed by atoms with E-state index in [1.165, 1.54) is 45.1 Å². The Hall–Kier alpha value is -0.0800. The third-order valence-corrected chi connectivity index (χ3v) is 4.78. The molecule has 94 valence electrons. The minimum atomic E-state index is -0.131. The SMILES string of the molecule is CC1CCCCCN1C1CCC(C)(C)C1O. The first kappa shape index (κ1) is 12.4. The molecule has 0 spiro atoms. The molecule has 1 heterocycles. The maximum absolute atomic E-state index is 10.4. The molecular formula is C14H27NO. The van der Waals surface area contributed by atoms with Crippen molar-refractivity contribution in [3.63, 3.8) is 0 Å². The van der Waals surface area contributed by atoms with Gasteiger partial charge in [0.1, 0.15) is 0 Å². The summed E-state index contributed by atoms with van der Waals surface area (Å²) < 4.78 is 0. The van der Waals surface area contributed by atoms with Gasteiger partial charge in [0.25, 0.3) is 0 Å². The second-order valence-corrected chi connectivity index (χ2v) is 6.48. The first-order valence-electron chi connectivity index (χ1n) is 6.96. The van der Waals surface area contributed by atoms with Crippen molar-refractivity contribution in [3.8, 4) is 0 Å². The van der Waals surface area contributed by atoms with Crippen LogP contribution in [0, 0.1) is 5.41 Å². The van der Waals surface area contributed by atoms with E-state index in [4.69, 9.17) is 0 Å². The predicted octanol–water partition coefficient (Wildman–Crippen LogP) is 2.80. The van der Waals surface area contributed by atoms with Crippen LogP contribution in [0.2, 0.25) is 0 Å². The number of hydrogen-bond acceptors (Lipinski definition) is 2. The molecule has 1 saturated carbocycles. The molecule has 16 heavy (non-hydrogen) atoms.